The van der Waals surface area contributed by atoms with E-state index in [-0.39, 0.29) is 4.75 Å². The van der Waals surface area contributed by atoms with Crippen molar-refractivity contribution < 1.29 is 0 Å². The average Bonchev–Trinajstić information content (AvgIpc) is 2.17. The van der Waals surface area contributed by atoms with Gasteiger partial charge in [-0.1, -0.05) is 0 Å². The molecule has 1 aromatic heterocycles. The van der Waals surface area contributed by atoms with Crippen molar-refractivity contribution in [1.29, 1.82) is 0 Å². The lowest BCUT2D eigenvalue weighted by Crippen LogP contribution is -2.26. The molecule has 1 rings (SSSR count). The fourth-order valence-electron chi connectivity index (χ4n) is 0.812. The predicted molar refractivity (Wildman–Crippen MR) is 62.5 cm³/mol. The topological polar surface area (TPSA) is 63.8 Å². The summed E-state index contributed by atoms with van der Waals surface area (Å²) in [5.41, 5.74) is 5.43. The van der Waals surface area contributed by atoms with E-state index >= 15 is 0 Å². The van der Waals surface area contributed by atoms with Crippen LogP contribution in [0.4, 0.5) is 11.6 Å². The molecule has 78 valence electrons. The van der Waals surface area contributed by atoms with Gasteiger partial charge in [0.15, 0.2) is 0 Å². The van der Waals surface area contributed by atoms with Gasteiger partial charge in [-0.2, -0.15) is 11.8 Å². The van der Waals surface area contributed by atoms with Crippen LogP contribution in [0.15, 0.2) is 12.1 Å². The number of aromatic nitrogens is 2. The van der Waals surface area contributed by atoms with Crippen molar-refractivity contribution in [2.24, 2.45) is 0 Å². The highest BCUT2D eigenvalue weighted by molar-refractivity contribution is 7.99. The zero-order valence-corrected chi connectivity index (χ0v) is 9.56. The Morgan fingerprint density at radius 1 is 1.43 bits per heavy atom. The minimum Gasteiger partial charge on any atom is -0.382 e. The molecule has 0 amide bonds. The Hall–Kier alpha value is -0.970. The number of nitrogens with one attached hydrogen (secondary N) is 1. The monoisotopic (exact) mass is 212 g/mol. The van der Waals surface area contributed by atoms with Crippen molar-refractivity contribution in [3.8, 4) is 0 Å². The molecule has 0 aliphatic rings. The number of hydrogen-bond acceptors (Lipinski definition) is 5. The van der Waals surface area contributed by atoms with E-state index < -0.39 is 0 Å². The fraction of sp³-hybridized carbons (Fsp3) is 0.556. The fourth-order valence-corrected chi connectivity index (χ4v) is 1.03. The average molecular weight is 212 g/mol. The third kappa shape index (κ3) is 3.41. The molecule has 14 heavy (non-hydrogen) atoms. The third-order valence-corrected chi connectivity index (χ3v) is 3.18. The summed E-state index contributed by atoms with van der Waals surface area (Å²) >= 11 is 1.81. The molecule has 1 aromatic rings. The van der Waals surface area contributed by atoms with Gasteiger partial charge in [-0.05, 0) is 32.2 Å². The maximum Gasteiger partial charge on any atom is 0.148 e. The minimum atomic E-state index is 0.197. The van der Waals surface area contributed by atoms with Crippen molar-refractivity contribution in [1.82, 2.24) is 10.2 Å². The van der Waals surface area contributed by atoms with E-state index in [9.17, 15) is 0 Å². The van der Waals surface area contributed by atoms with Crippen molar-refractivity contribution in [2.75, 3.05) is 23.9 Å². The van der Waals surface area contributed by atoms with E-state index in [1.54, 1.807) is 6.07 Å². The number of anilines is 2. The van der Waals surface area contributed by atoms with Crippen LogP contribution in [0.2, 0.25) is 0 Å². The molecule has 0 fully saturated rings. The molecule has 5 heteroatoms. The van der Waals surface area contributed by atoms with E-state index in [1.165, 1.54) is 0 Å². The number of nitrogens with zero attached hydrogens (tertiary/aromatic N) is 2. The second kappa shape index (κ2) is 4.50. The standard InChI is InChI=1S/C9H16N4S/c1-9(2,14-3)6-11-8-5-4-7(10)12-13-8/h4-5H,6H2,1-3H3,(H2,10,12)(H,11,13). The Labute approximate surface area is 88.7 Å². The molecule has 0 spiro atoms. The number of nitrogen functional groups attached to an aromatic ring is 1. The lowest BCUT2D eigenvalue weighted by molar-refractivity contribution is 0.748. The first-order valence-electron chi connectivity index (χ1n) is 4.42. The summed E-state index contributed by atoms with van der Waals surface area (Å²) < 4.78 is 0.197. The Morgan fingerprint density at radius 3 is 2.64 bits per heavy atom. The molecular weight excluding hydrogens is 196 g/mol. The van der Waals surface area contributed by atoms with Crippen LogP contribution in [0.1, 0.15) is 13.8 Å². The van der Waals surface area contributed by atoms with Crippen LogP contribution in [-0.2, 0) is 0 Å². The summed E-state index contributed by atoms with van der Waals surface area (Å²) in [4.78, 5) is 0. The van der Waals surface area contributed by atoms with Gasteiger partial charge in [-0.15, -0.1) is 10.2 Å². The van der Waals surface area contributed by atoms with Crippen LogP contribution in [0.25, 0.3) is 0 Å². The van der Waals surface area contributed by atoms with Gasteiger partial charge in [0.25, 0.3) is 0 Å². The quantitative estimate of drug-likeness (QED) is 0.794. The highest BCUT2D eigenvalue weighted by Gasteiger charge is 2.15. The number of nitrogens with two attached hydrogens (primary N) is 1. The Morgan fingerprint density at radius 2 is 2.14 bits per heavy atom. The van der Waals surface area contributed by atoms with E-state index in [0.717, 1.165) is 12.4 Å². The van der Waals surface area contributed by atoms with Crippen LogP contribution in [0.3, 0.4) is 0 Å². The van der Waals surface area contributed by atoms with Gasteiger partial charge in [-0.25, -0.2) is 0 Å². The second-order valence-electron chi connectivity index (χ2n) is 3.66. The molecule has 0 radical (unpaired) electrons. The van der Waals surface area contributed by atoms with E-state index in [2.05, 4.69) is 35.6 Å². The predicted octanol–water partition coefficient (Wildman–Crippen LogP) is 1.61. The molecule has 0 aliphatic heterocycles. The molecule has 1 heterocycles. The van der Waals surface area contributed by atoms with Crippen LogP contribution in [0, 0.1) is 0 Å². The summed E-state index contributed by atoms with van der Waals surface area (Å²) in [5.74, 6) is 1.21. The van der Waals surface area contributed by atoms with Crippen LogP contribution in [0.5, 0.6) is 0 Å². The maximum atomic E-state index is 5.43. The van der Waals surface area contributed by atoms with Gasteiger partial charge in [0, 0.05) is 11.3 Å². The Balaban J connectivity index is 2.50. The third-order valence-electron chi connectivity index (χ3n) is 1.93. The summed E-state index contributed by atoms with van der Waals surface area (Å²) in [6.07, 6.45) is 2.09. The van der Waals surface area contributed by atoms with E-state index in [4.69, 9.17) is 5.73 Å². The SMILES string of the molecule is CSC(C)(C)CNc1ccc(N)nn1. The maximum absolute atomic E-state index is 5.43. The van der Waals surface area contributed by atoms with Gasteiger partial charge < -0.3 is 11.1 Å². The summed E-state index contributed by atoms with van der Waals surface area (Å²) in [7, 11) is 0. The molecule has 0 saturated heterocycles. The van der Waals surface area contributed by atoms with Crippen molar-refractivity contribution in [3.05, 3.63) is 12.1 Å². The molecule has 0 saturated carbocycles. The molecule has 0 unspecified atom stereocenters. The lowest BCUT2D eigenvalue weighted by Gasteiger charge is -2.22. The first-order chi connectivity index (χ1) is 6.53. The summed E-state index contributed by atoms with van der Waals surface area (Å²) in [6.45, 7) is 5.21. The van der Waals surface area contributed by atoms with Gasteiger partial charge in [0.05, 0.1) is 0 Å². The largest absolute Gasteiger partial charge is 0.382 e. The normalized spacial score (nSPS) is 11.4. The molecule has 0 aromatic carbocycles. The first-order valence-corrected chi connectivity index (χ1v) is 5.64. The van der Waals surface area contributed by atoms with Crippen LogP contribution in [-0.4, -0.2) is 27.7 Å². The van der Waals surface area contributed by atoms with Crippen LogP contribution >= 0.6 is 11.8 Å². The van der Waals surface area contributed by atoms with Crippen molar-refractivity contribution in [3.63, 3.8) is 0 Å². The molecular formula is C9H16N4S. The van der Waals surface area contributed by atoms with Gasteiger partial charge in [0.1, 0.15) is 11.6 Å². The summed E-state index contributed by atoms with van der Waals surface area (Å²) in [6, 6.07) is 3.57. The molecule has 0 atom stereocenters. The zero-order chi connectivity index (χ0) is 10.6. The smallest absolute Gasteiger partial charge is 0.148 e. The van der Waals surface area contributed by atoms with Crippen LogP contribution < -0.4 is 11.1 Å². The Bertz CT molecular complexity index is 283. The molecule has 0 bridgehead atoms. The van der Waals surface area contributed by atoms with Crippen molar-refractivity contribution >= 4 is 23.4 Å². The molecule has 3 N–H and O–H groups in total. The molecule has 0 aliphatic carbocycles. The summed E-state index contributed by atoms with van der Waals surface area (Å²) in [5, 5.41) is 10.9. The minimum absolute atomic E-state index is 0.197. The van der Waals surface area contributed by atoms with Gasteiger partial charge >= 0.3 is 0 Å². The van der Waals surface area contributed by atoms with E-state index in [1.807, 2.05) is 17.8 Å². The number of thioether (sulfide) groups is 1. The highest BCUT2D eigenvalue weighted by atomic mass is 32.2. The number of rotatable bonds is 4. The first kappa shape index (κ1) is 11.1. The number of hydrogen-bond donors (Lipinski definition) is 2. The zero-order valence-electron chi connectivity index (χ0n) is 8.74. The van der Waals surface area contributed by atoms with Crippen molar-refractivity contribution in [2.45, 2.75) is 18.6 Å². The lowest BCUT2D eigenvalue weighted by atomic mass is 10.2. The Kier molecular flexibility index (Phi) is 3.57. The molecule has 4 nitrogen and oxygen atoms in total. The van der Waals surface area contributed by atoms with Gasteiger partial charge in [-0.3, -0.25) is 0 Å². The van der Waals surface area contributed by atoms with Gasteiger partial charge in [0.2, 0.25) is 0 Å². The highest BCUT2D eigenvalue weighted by Crippen LogP contribution is 2.21. The second-order valence-corrected chi connectivity index (χ2v) is 5.17. The van der Waals surface area contributed by atoms with E-state index in [0.29, 0.717) is 5.82 Å².